The molecule has 0 aliphatic carbocycles. The second-order valence-electron chi connectivity index (χ2n) is 15.3. The van der Waals surface area contributed by atoms with E-state index in [9.17, 15) is 80.8 Å². The highest BCUT2D eigenvalue weighted by Gasteiger charge is 2.52. The van der Waals surface area contributed by atoms with Crippen molar-refractivity contribution in [1.82, 2.24) is 26.6 Å². The Morgan fingerprint density at radius 2 is 0.969 bits per heavy atom. The van der Waals surface area contributed by atoms with E-state index in [1.54, 1.807) is 0 Å². The molecule has 3 amide bonds. The normalized spacial score (nSPS) is 40.5. The first-order valence-electron chi connectivity index (χ1n) is 20.2. The number of rotatable bonds is 23. The fourth-order valence-corrected chi connectivity index (χ4v) is 6.87. The van der Waals surface area contributed by atoms with Crippen molar-refractivity contribution in [2.75, 3.05) is 65.8 Å². The molecule has 30 nitrogen and oxygen atoms in total. The largest absolute Gasteiger partial charge is 0.394 e. The number of primary amides is 1. The summed E-state index contributed by atoms with van der Waals surface area (Å²) in [6, 6.07) is 0. The van der Waals surface area contributed by atoms with E-state index < -0.39 is 180 Å². The summed E-state index contributed by atoms with van der Waals surface area (Å²) in [5.74, 6) is -2.31. The van der Waals surface area contributed by atoms with Crippen LogP contribution in [-0.4, -0.2) is 278 Å². The highest BCUT2D eigenvalue weighted by Crippen LogP contribution is 2.31. The van der Waals surface area contributed by atoms with E-state index >= 15 is 0 Å². The number of ether oxygens (including phenoxy) is 8. The van der Waals surface area contributed by atoms with Gasteiger partial charge in [-0.1, -0.05) is 0 Å². The molecule has 0 aromatic heterocycles. The average Bonchev–Trinajstić information content (AvgIpc) is 3.25. The van der Waals surface area contributed by atoms with E-state index in [0.717, 1.165) is 4.90 Å². The van der Waals surface area contributed by atoms with Gasteiger partial charge in [0.25, 0.3) is 0 Å². The number of carbonyl (C=O) groups excluding carboxylic acids is 3. The molecule has 4 aliphatic heterocycles. The molecular formula is C34H62N6O24. The third kappa shape index (κ3) is 14.5. The van der Waals surface area contributed by atoms with Crippen LogP contribution in [0.2, 0.25) is 0 Å². The Kier molecular flexibility index (Phi) is 21.6. The van der Waals surface area contributed by atoms with Crippen LogP contribution in [-0.2, 0) is 52.3 Å². The molecule has 64 heavy (non-hydrogen) atoms. The van der Waals surface area contributed by atoms with E-state index in [2.05, 4.69) is 21.7 Å². The third-order valence-corrected chi connectivity index (χ3v) is 10.5. The van der Waals surface area contributed by atoms with Gasteiger partial charge in [0.1, 0.15) is 91.6 Å². The molecule has 0 spiro atoms. The quantitative estimate of drug-likeness (QED) is 0.0334. The maximum absolute atomic E-state index is 12.7. The van der Waals surface area contributed by atoms with E-state index in [1.807, 2.05) is 0 Å². The van der Waals surface area contributed by atoms with Crippen LogP contribution in [0.1, 0.15) is 6.92 Å². The maximum Gasteiger partial charge on any atom is 0.248 e. The molecule has 372 valence electrons. The monoisotopic (exact) mass is 938 g/mol. The molecule has 0 bridgehead atoms. The van der Waals surface area contributed by atoms with E-state index in [0.29, 0.717) is 0 Å². The number of nitrogens with one attached hydrogen (secondary N) is 4. The van der Waals surface area contributed by atoms with Crippen LogP contribution in [0.25, 0.3) is 0 Å². The Balaban J connectivity index is 1.27. The highest BCUT2D eigenvalue weighted by atomic mass is 16.8. The zero-order chi connectivity index (χ0) is 47.4. The SMILES string of the molecule is C[C@@H]1O[C@@H](OCCNNC(=O)CN(CC(N)=O)CC(=O)NNCCO[C@H]2O[C@H](CO[C@H]3O[C@H](CO)[C@@H](O)[C@H](O)[C@@H]3O)[C@@H](O)[C@H](O[C@H]3O[C@H](CO)[C@@H](O)[C@H](O)[C@@H]3O)[C@@H]2O)[C@@H](O)[C@H](O)[C@@H]1O. The fourth-order valence-electron chi connectivity index (χ4n) is 6.87. The second kappa shape index (κ2) is 25.5. The lowest BCUT2D eigenvalue weighted by molar-refractivity contribution is -0.366. The van der Waals surface area contributed by atoms with Crippen LogP contribution in [0.5, 0.6) is 0 Å². The van der Waals surface area contributed by atoms with Crippen molar-refractivity contribution in [3.8, 4) is 0 Å². The van der Waals surface area contributed by atoms with E-state index in [4.69, 9.17) is 43.6 Å². The first-order chi connectivity index (χ1) is 30.3. The summed E-state index contributed by atoms with van der Waals surface area (Å²) in [5.41, 5.74) is 15.0. The minimum Gasteiger partial charge on any atom is -0.394 e. The Morgan fingerprint density at radius 1 is 0.531 bits per heavy atom. The summed E-state index contributed by atoms with van der Waals surface area (Å²) in [6.07, 6.45) is -32.4. The number of aliphatic hydroxyl groups excluding tert-OH is 13. The topological polar surface area (TPSA) is 465 Å². The van der Waals surface area contributed by atoms with E-state index in [-0.39, 0.29) is 26.3 Å². The molecule has 30 heteroatoms. The molecule has 4 rings (SSSR count). The Labute approximate surface area is 364 Å². The maximum atomic E-state index is 12.7. The van der Waals surface area contributed by atoms with Crippen molar-refractivity contribution >= 4 is 17.7 Å². The van der Waals surface area contributed by atoms with Crippen LogP contribution in [0, 0.1) is 0 Å². The van der Waals surface area contributed by atoms with Gasteiger partial charge in [0.2, 0.25) is 17.7 Å². The van der Waals surface area contributed by atoms with Crippen molar-refractivity contribution in [3.05, 3.63) is 0 Å². The number of nitrogens with zero attached hydrogens (tertiary/aromatic N) is 1. The first-order valence-corrected chi connectivity index (χ1v) is 20.2. The molecule has 20 atom stereocenters. The van der Waals surface area contributed by atoms with Gasteiger partial charge in [-0.15, -0.1) is 0 Å². The standard InChI is InChI=1S/C34H62N6O24/c1-12-19(46)23(50)26(53)31(60-12)57-4-2-36-38-17(44)7-40(6-16(35)43)8-18(45)39-37-3-5-58-33-29(56)30(64-34-28(55)25(52)21(48)14(10-42)62-34)22(49)15(63-33)11-59-32-27(54)24(51)20(47)13(9-41)61-32/h12-15,19-34,36-37,41-42,46-56H,2-11H2,1H3,(H2,35,43)(H,38,44)(H,39,45)/t12-,13+,14+,15+,19+,20+,21+,22+,23+,24-,25-,26-,27-,28-,29-,30-,31+,32-,33-,34+/m0/s1. The van der Waals surface area contributed by atoms with Crippen molar-refractivity contribution < 1.29 is 119 Å². The molecule has 19 N–H and O–H groups in total. The van der Waals surface area contributed by atoms with Crippen molar-refractivity contribution in [3.63, 3.8) is 0 Å². The number of carbonyl (C=O) groups is 3. The van der Waals surface area contributed by atoms with Crippen LogP contribution in [0.3, 0.4) is 0 Å². The molecule has 0 radical (unpaired) electrons. The highest BCUT2D eigenvalue weighted by molar-refractivity contribution is 5.83. The van der Waals surface area contributed by atoms with Crippen molar-refractivity contribution in [1.29, 1.82) is 0 Å². The number of hydrazine groups is 2. The van der Waals surface area contributed by atoms with Crippen molar-refractivity contribution in [2.45, 2.75) is 130 Å². The lowest BCUT2D eigenvalue weighted by Gasteiger charge is -2.46. The molecule has 4 heterocycles. The lowest BCUT2D eigenvalue weighted by atomic mass is 9.96. The number of aliphatic hydroxyl groups is 13. The van der Waals surface area contributed by atoms with Gasteiger partial charge < -0.3 is 110 Å². The molecule has 0 saturated carbocycles. The third-order valence-electron chi connectivity index (χ3n) is 10.5. The van der Waals surface area contributed by atoms with Crippen LogP contribution < -0.4 is 27.4 Å². The van der Waals surface area contributed by atoms with Crippen LogP contribution in [0.4, 0.5) is 0 Å². The van der Waals surface area contributed by atoms with Gasteiger partial charge in [-0.2, -0.15) is 0 Å². The van der Waals surface area contributed by atoms with Crippen LogP contribution in [0.15, 0.2) is 0 Å². The predicted molar refractivity (Wildman–Crippen MR) is 201 cm³/mol. The number of nitrogens with two attached hydrogens (primary N) is 1. The molecule has 4 saturated heterocycles. The summed E-state index contributed by atoms with van der Waals surface area (Å²) in [5, 5.41) is 133. The first kappa shape index (κ1) is 54.1. The average molecular weight is 939 g/mol. The molecule has 0 aromatic carbocycles. The predicted octanol–water partition coefficient (Wildman–Crippen LogP) is -12.7. The van der Waals surface area contributed by atoms with Gasteiger partial charge in [0.15, 0.2) is 25.2 Å². The Hall–Kier alpha value is -2.55. The molecule has 0 unspecified atom stereocenters. The molecule has 4 aliphatic rings. The molecular weight excluding hydrogens is 876 g/mol. The number of amides is 3. The summed E-state index contributed by atoms with van der Waals surface area (Å²) < 4.78 is 43.8. The van der Waals surface area contributed by atoms with Crippen LogP contribution >= 0.6 is 0 Å². The molecule has 4 fully saturated rings. The number of hydrogen-bond donors (Lipinski definition) is 18. The summed E-state index contributed by atoms with van der Waals surface area (Å²) >= 11 is 0. The minimum atomic E-state index is -1.96. The Bertz CT molecular complexity index is 1450. The lowest BCUT2D eigenvalue weighted by Crippen LogP contribution is -2.65. The zero-order valence-corrected chi connectivity index (χ0v) is 34.4. The van der Waals surface area contributed by atoms with Gasteiger partial charge in [0.05, 0.1) is 58.8 Å². The number of hydrogen-bond acceptors (Lipinski definition) is 27. The van der Waals surface area contributed by atoms with Gasteiger partial charge in [-0.25, -0.2) is 10.9 Å². The van der Waals surface area contributed by atoms with E-state index in [1.165, 1.54) is 6.92 Å². The summed E-state index contributed by atoms with van der Waals surface area (Å²) in [6.45, 7) is -3.03. The van der Waals surface area contributed by atoms with Gasteiger partial charge in [0, 0.05) is 13.1 Å². The minimum absolute atomic E-state index is 0.0142. The van der Waals surface area contributed by atoms with Gasteiger partial charge >= 0.3 is 0 Å². The Morgan fingerprint density at radius 3 is 1.47 bits per heavy atom. The summed E-state index contributed by atoms with van der Waals surface area (Å²) in [7, 11) is 0. The smallest absolute Gasteiger partial charge is 0.248 e. The van der Waals surface area contributed by atoms with Gasteiger partial charge in [-0.3, -0.25) is 30.1 Å². The fraction of sp³-hybridized carbons (Fsp3) is 0.912. The molecule has 0 aromatic rings. The zero-order valence-electron chi connectivity index (χ0n) is 34.4. The second-order valence-corrected chi connectivity index (χ2v) is 15.3. The summed E-state index contributed by atoms with van der Waals surface area (Å²) in [4.78, 5) is 38.0. The van der Waals surface area contributed by atoms with Gasteiger partial charge in [-0.05, 0) is 6.92 Å². The van der Waals surface area contributed by atoms with Crippen molar-refractivity contribution in [2.24, 2.45) is 5.73 Å².